The second-order valence-corrected chi connectivity index (χ2v) is 7.15. The average molecular weight is 407 g/mol. The molecule has 1 aliphatic rings. The molecule has 4 amide bonds. The van der Waals surface area contributed by atoms with Crippen molar-refractivity contribution in [3.05, 3.63) is 30.1 Å². The monoisotopic (exact) mass is 407 g/mol. The number of urea groups is 1. The number of nitrogens with zero attached hydrogens (tertiary/aromatic N) is 2. The summed E-state index contributed by atoms with van der Waals surface area (Å²) in [5.74, 6) is -0.948. The molecule has 0 saturated carbocycles. The van der Waals surface area contributed by atoms with E-state index in [1.807, 2.05) is 16.7 Å². The molecule has 0 aromatic heterocycles. The second kappa shape index (κ2) is 11.5. The molecule has 1 fully saturated rings. The summed E-state index contributed by atoms with van der Waals surface area (Å²) in [6.45, 7) is 6.98. The molecular weight excluding hydrogens is 377 g/mol. The van der Waals surface area contributed by atoms with E-state index in [2.05, 4.69) is 16.0 Å². The number of rotatable bonds is 8. The van der Waals surface area contributed by atoms with Crippen molar-refractivity contribution in [2.45, 2.75) is 32.7 Å². The number of halogens is 1. The summed E-state index contributed by atoms with van der Waals surface area (Å²) >= 11 is 0. The molecule has 1 atom stereocenters. The van der Waals surface area contributed by atoms with Gasteiger partial charge in [-0.1, -0.05) is 19.4 Å². The van der Waals surface area contributed by atoms with Crippen LogP contribution in [0.4, 0.5) is 14.9 Å². The van der Waals surface area contributed by atoms with Crippen LogP contribution in [-0.4, -0.2) is 73.0 Å². The molecule has 8 nitrogen and oxygen atoms in total. The molecule has 1 unspecified atom stereocenters. The number of hydrogen-bond acceptors (Lipinski definition) is 5. The van der Waals surface area contributed by atoms with Gasteiger partial charge in [-0.05, 0) is 31.5 Å². The van der Waals surface area contributed by atoms with Gasteiger partial charge in [-0.2, -0.15) is 0 Å². The van der Waals surface area contributed by atoms with E-state index in [0.29, 0.717) is 38.4 Å². The molecule has 2 rings (SSSR count). The van der Waals surface area contributed by atoms with Crippen LogP contribution < -0.4 is 16.0 Å². The number of nitrogens with one attached hydrogen (secondary N) is 3. The van der Waals surface area contributed by atoms with Gasteiger partial charge < -0.3 is 10.6 Å². The van der Waals surface area contributed by atoms with Crippen molar-refractivity contribution in [1.29, 1.82) is 0 Å². The summed E-state index contributed by atoms with van der Waals surface area (Å²) in [6, 6.07) is 4.94. The summed E-state index contributed by atoms with van der Waals surface area (Å²) in [5.41, 5.74) is 0.425. The van der Waals surface area contributed by atoms with Crippen LogP contribution in [0.5, 0.6) is 0 Å². The molecule has 1 aromatic rings. The van der Waals surface area contributed by atoms with Crippen LogP contribution in [0.3, 0.4) is 0 Å². The molecule has 0 spiro atoms. The summed E-state index contributed by atoms with van der Waals surface area (Å²) in [7, 11) is 0. The predicted octanol–water partition coefficient (Wildman–Crippen LogP) is 1.40. The zero-order chi connectivity index (χ0) is 21.2. The Morgan fingerprint density at radius 1 is 1.17 bits per heavy atom. The van der Waals surface area contributed by atoms with Crippen molar-refractivity contribution in [3.63, 3.8) is 0 Å². The SMILES string of the molecule is CCCCNC(=O)NC(=O)CN1CCN(C(C)C(=O)Nc2cccc(F)c2)CC1. The fraction of sp³-hybridized carbons (Fsp3) is 0.550. The number of piperazine rings is 1. The van der Waals surface area contributed by atoms with Gasteiger partial charge in [-0.15, -0.1) is 0 Å². The minimum Gasteiger partial charge on any atom is -0.338 e. The zero-order valence-electron chi connectivity index (χ0n) is 17.0. The lowest BCUT2D eigenvalue weighted by molar-refractivity contribution is -0.124. The third-order valence-electron chi connectivity index (χ3n) is 4.86. The number of imide groups is 1. The Hall–Kier alpha value is -2.52. The topological polar surface area (TPSA) is 93.8 Å². The Morgan fingerprint density at radius 2 is 1.90 bits per heavy atom. The Bertz CT molecular complexity index is 707. The van der Waals surface area contributed by atoms with Gasteiger partial charge in [0.05, 0.1) is 12.6 Å². The standard InChI is InChI=1S/C20H30FN5O3/c1-3-4-8-22-20(29)24-18(27)14-25-9-11-26(12-10-25)15(2)19(28)23-17-7-5-6-16(21)13-17/h5-7,13,15H,3-4,8-12,14H2,1-2H3,(H,23,28)(H2,22,24,27,29). The Kier molecular flexibility index (Phi) is 9.01. The summed E-state index contributed by atoms with van der Waals surface area (Å²) in [6.07, 6.45) is 1.84. The highest BCUT2D eigenvalue weighted by Gasteiger charge is 2.26. The Labute approximate surface area is 170 Å². The van der Waals surface area contributed by atoms with E-state index in [1.54, 1.807) is 19.1 Å². The first-order valence-corrected chi connectivity index (χ1v) is 9.99. The zero-order valence-corrected chi connectivity index (χ0v) is 17.0. The fourth-order valence-electron chi connectivity index (χ4n) is 3.08. The first-order chi connectivity index (χ1) is 13.9. The normalized spacial score (nSPS) is 16.1. The highest BCUT2D eigenvalue weighted by atomic mass is 19.1. The van der Waals surface area contributed by atoms with Crippen LogP contribution in [0.15, 0.2) is 24.3 Å². The largest absolute Gasteiger partial charge is 0.338 e. The predicted molar refractivity (Wildman–Crippen MR) is 109 cm³/mol. The van der Waals surface area contributed by atoms with Gasteiger partial charge in [0.15, 0.2) is 0 Å². The second-order valence-electron chi connectivity index (χ2n) is 7.15. The van der Waals surface area contributed by atoms with Crippen LogP contribution in [0.2, 0.25) is 0 Å². The molecule has 1 heterocycles. The van der Waals surface area contributed by atoms with Crippen molar-refractivity contribution >= 4 is 23.5 Å². The van der Waals surface area contributed by atoms with Crippen molar-refractivity contribution < 1.29 is 18.8 Å². The molecule has 1 saturated heterocycles. The molecule has 0 aliphatic carbocycles. The lowest BCUT2D eigenvalue weighted by Crippen LogP contribution is -2.54. The van der Waals surface area contributed by atoms with Crippen LogP contribution in [0, 0.1) is 5.82 Å². The number of hydrogen-bond donors (Lipinski definition) is 3. The lowest BCUT2D eigenvalue weighted by Gasteiger charge is -2.37. The maximum absolute atomic E-state index is 13.3. The third-order valence-corrected chi connectivity index (χ3v) is 4.86. The van der Waals surface area contributed by atoms with Crippen molar-refractivity contribution in [2.75, 3.05) is 44.6 Å². The maximum atomic E-state index is 13.3. The van der Waals surface area contributed by atoms with Crippen molar-refractivity contribution in [2.24, 2.45) is 0 Å². The first kappa shape index (κ1) is 22.8. The van der Waals surface area contributed by atoms with E-state index in [4.69, 9.17) is 0 Å². The van der Waals surface area contributed by atoms with Crippen LogP contribution in [-0.2, 0) is 9.59 Å². The average Bonchev–Trinajstić information content (AvgIpc) is 2.68. The highest BCUT2D eigenvalue weighted by Crippen LogP contribution is 2.12. The number of anilines is 1. The molecule has 160 valence electrons. The molecule has 0 bridgehead atoms. The number of carbonyl (C=O) groups excluding carboxylic acids is 3. The summed E-state index contributed by atoms with van der Waals surface area (Å²) in [5, 5.41) is 7.70. The summed E-state index contributed by atoms with van der Waals surface area (Å²) < 4.78 is 13.3. The quantitative estimate of drug-likeness (QED) is 0.567. The van der Waals surface area contributed by atoms with Crippen LogP contribution in [0.1, 0.15) is 26.7 Å². The molecule has 0 radical (unpaired) electrons. The van der Waals surface area contributed by atoms with E-state index in [9.17, 15) is 18.8 Å². The van der Waals surface area contributed by atoms with Gasteiger partial charge in [0.2, 0.25) is 11.8 Å². The number of carbonyl (C=O) groups is 3. The number of amides is 4. The third kappa shape index (κ3) is 7.78. The van der Waals surface area contributed by atoms with E-state index in [0.717, 1.165) is 12.8 Å². The summed E-state index contributed by atoms with van der Waals surface area (Å²) in [4.78, 5) is 40.0. The van der Waals surface area contributed by atoms with Crippen LogP contribution >= 0.6 is 0 Å². The molecule has 1 aliphatic heterocycles. The van der Waals surface area contributed by atoms with E-state index < -0.39 is 11.8 Å². The van der Waals surface area contributed by atoms with E-state index in [-0.39, 0.29) is 24.4 Å². The van der Waals surface area contributed by atoms with Crippen molar-refractivity contribution in [3.8, 4) is 0 Å². The number of benzene rings is 1. The van der Waals surface area contributed by atoms with Crippen molar-refractivity contribution in [1.82, 2.24) is 20.4 Å². The van der Waals surface area contributed by atoms with Crippen LogP contribution in [0.25, 0.3) is 0 Å². The highest BCUT2D eigenvalue weighted by molar-refractivity contribution is 5.95. The van der Waals surface area contributed by atoms with Gasteiger partial charge in [-0.25, -0.2) is 9.18 Å². The Balaban J connectivity index is 1.71. The molecule has 1 aromatic carbocycles. The van der Waals surface area contributed by atoms with Gasteiger partial charge in [0.25, 0.3) is 0 Å². The molecule has 3 N–H and O–H groups in total. The fourth-order valence-corrected chi connectivity index (χ4v) is 3.08. The molecule has 29 heavy (non-hydrogen) atoms. The molecule has 9 heteroatoms. The van der Waals surface area contributed by atoms with E-state index >= 15 is 0 Å². The smallest absolute Gasteiger partial charge is 0.321 e. The van der Waals surface area contributed by atoms with Gasteiger partial charge in [-0.3, -0.25) is 24.7 Å². The minimum atomic E-state index is -0.468. The van der Waals surface area contributed by atoms with Gasteiger partial charge >= 0.3 is 6.03 Å². The lowest BCUT2D eigenvalue weighted by atomic mass is 10.2. The van der Waals surface area contributed by atoms with E-state index in [1.165, 1.54) is 12.1 Å². The first-order valence-electron chi connectivity index (χ1n) is 9.99. The number of unbranched alkanes of at least 4 members (excludes halogenated alkanes) is 1. The minimum absolute atomic E-state index is 0.138. The van der Waals surface area contributed by atoms with Gasteiger partial charge in [0, 0.05) is 38.4 Å². The molecular formula is C20H30FN5O3. The Morgan fingerprint density at radius 3 is 2.55 bits per heavy atom. The maximum Gasteiger partial charge on any atom is 0.321 e. The van der Waals surface area contributed by atoms with Gasteiger partial charge in [0.1, 0.15) is 5.82 Å².